The zero-order valence-corrected chi connectivity index (χ0v) is 19.8. The third kappa shape index (κ3) is 4.66. The molecule has 0 amide bonds. The van der Waals surface area contributed by atoms with Gasteiger partial charge in [0.25, 0.3) is 0 Å². The molecule has 0 aliphatic carbocycles. The fourth-order valence-corrected chi connectivity index (χ4v) is 4.64. The summed E-state index contributed by atoms with van der Waals surface area (Å²) in [4.78, 5) is 16.5. The van der Waals surface area contributed by atoms with Gasteiger partial charge in [-0.2, -0.15) is 0 Å². The molecule has 4 rings (SSSR count). The van der Waals surface area contributed by atoms with Crippen LogP contribution in [0.2, 0.25) is 0 Å². The predicted molar refractivity (Wildman–Crippen MR) is 135 cm³/mol. The highest BCUT2D eigenvalue weighted by Gasteiger charge is 2.40. The average Bonchev–Trinajstić information content (AvgIpc) is 3.25. The first-order valence-corrected chi connectivity index (χ1v) is 11.7. The van der Waals surface area contributed by atoms with Crippen LogP contribution in [-0.2, 0) is 21.6 Å². The molecule has 34 heavy (non-hydrogen) atoms. The van der Waals surface area contributed by atoms with Gasteiger partial charge in [0, 0.05) is 19.3 Å². The summed E-state index contributed by atoms with van der Waals surface area (Å²) in [5.41, 5.74) is 3.89. The number of ether oxygens (including phenoxy) is 1. The lowest BCUT2D eigenvalue weighted by molar-refractivity contribution is -0.142. The molecule has 1 heterocycles. The van der Waals surface area contributed by atoms with Crippen LogP contribution in [-0.4, -0.2) is 28.7 Å². The molecule has 0 radical (unpaired) electrons. The number of benzene rings is 3. The summed E-state index contributed by atoms with van der Waals surface area (Å²) in [6.07, 6.45) is 2.26. The van der Waals surface area contributed by atoms with Gasteiger partial charge < -0.3 is 14.6 Å². The molecule has 5 heteroatoms. The van der Waals surface area contributed by atoms with E-state index in [1.54, 1.807) is 0 Å². The monoisotopic (exact) mass is 453 g/mol. The fraction of sp³-hybridized carbons (Fsp3) is 0.241. The Balaban J connectivity index is 1.85. The van der Waals surface area contributed by atoms with Crippen LogP contribution in [0, 0.1) is 6.92 Å². The van der Waals surface area contributed by atoms with Gasteiger partial charge in [0.2, 0.25) is 0 Å². The SMILES string of the molecule is CCOC(=O)CCNCc1cnc(C)n1C(c1ccccc1)(c1ccccc1)c1ccccc1. The highest BCUT2D eigenvalue weighted by molar-refractivity contribution is 5.69. The first-order valence-electron chi connectivity index (χ1n) is 11.7. The van der Waals surface area contributed by atoms with Crippen LogP contribution in [0.3, 0.4) is 0 Å². The number of hydrogen-bond donors (Lipinski definition) is 1. The van der Waals surface area contributed by atoms with Crippen molar-refractivity contribution in [2.75, 3.05) is 13.2 Å². The van der Waals surface area contributed by atoms with Gasteiger partial charge >= 0.3 is 5.97 Å². The average molecular weight is 454 g/mol. The minimum Gasteiger partial charge on any atom is -0.466 e. The van der Waals surface area contributed by atoms with Gasteiger partial charge in [-0.25, -0.2) is 4.98 Å². The Morgan fingerprint density at radius 1 is 0.882 bits per heavy atom. The maximum Gasteiger partial charge on any atom is 0.307 e. The van der Waals surface area contributed by atoms with Crippen molar-refractivity contribution in [3.63, 3.8) is 0 Å². The van der Waals surface area contributed by atoms with Crippen LogP contribution in [0.1, 0.15) is 41.6 Å². The van der Waals surface area contributed by atoms with E-state index in [0.717, 1.165) is 28.2 Å². The van der Waals surface area contributed by atoms with Gasteiger partial charge in [0.15, 0.2) is 0 Å². The smallest absolute Gasteiger partial charge is 0.307 e. The van der Waals surface area contributed by atoms with E-state index in [1.165, 1.54) is 0 Å². The van der Waals surface area contributed by atoms with Crippen molar-refractivity contribution in [2.45, 2.75) is 32.4 Å². The van der Waals surface area contributed by atoms with Crippen molar-refractivity contribution in [3.05, 3.63) is 125 Å². The molecule has 0 saturated carbocycles. The minimum absolute atomic E-state index is 0.188. The quantitative estimate of drug-likeness (QED) is 0.207. The lowest BCUT2D eigenvalue weighted by atomic mass is 9.76. The molecule has 4 aromatic rings. The number of carbonyl (C=O) groups is 1. The van der Waals surface area contributed by atoms with Crippen molar-refractivity contribution >= 4 is 5.97 Å². The van der Waals surface area contributed by atoms with Crippen LogP contribution in [0.25, 0.3) is 0 Å². The maximum absolute atomic E-state index is 11.8. The molecule has 1 N–H and O–H groups in total. The van der Waals surface area contributed by atoms with E-state index in [9.17, 15) is 4.79 Å². The Morgan fingerprint density at radius 2 is 1.38 bits per heavy atom. The molecule has 0 atom stereocenters. The van der Waals surface area contributed by atoms with Crippen molar-refractivity contribution in [1.29, 1.82) is 0 Å². The van der Waals surface area contributed by atoms with Crippen molar-refractivity contribution < 1.29 is 9.53 Å². The maximum atomic E-state index is 11.8. The van der Waals surface area contributed by atoms with E-state index in [1.807, 2.05) is 38.2 Å². The van der Waals surface area contributed by atoms with Crippen molar-refractivity contribution in [1.82, 2.24) is 14.9 Å². The number of nitrogens with zero attached hydrogens (tertiary/aromatic N) is 2. The zero-order chi connectivity index (χ0) is 23.8. The van der Waals surface area contributed by atoms with Crippen LogP contribution in [0.5, 0.6) is 0 Å². The number of imidazole rings is 1. The summed E-state index contributed by atoms with van der Waals surface area (Å²) in [5.74, 6) is 0.727. The van der Waals surface area contributed by atoms with E-state index >= 15 is 0 Å². The van der Waals surface area contributed by atoms with Gasteiger partial charge in [-0.1, -0.05) is 91.0 Å². The van der Waals surface area contributed by atoms with Crippen LogP contribution in [0.15, 0.2) is 97.2 Å². The Morgan fingerprint density at radius 3 is 1.85 bits per heavy atom. The topological polar surface area (TPSA) is 56.1 Å². The fourth-order valence-electron chi connectivity index (χ4n) is 4.64. The molecule has 0 unspecified atom stereocenters. The van der Waals surface area contributed by atoms with E-state index in [2.05, 4.69) is 82.7 Å². The number of aryl methyl sites for hydroxylation is 1. The summed E-state index contributed by atoms with van der Waals surface area (Å²) in [6, 6.07) is 31.7. The first-order chi connectivity index (χ1) is 16.7. The number of rotatable bonds is 10. The zero-order valence-electron chi connectivity index (χ0n) is 19.8. The minimum atomic E-state index is -0.609. The molecule has 0 spiro atoms. The Bertz CT molecular complexity index is 1090. The third-order valence-electron chi connectivity index (χ3n) is 6.04. The molecule has 174 valence electrons. The van der Waals surface area contributed by atoms with Gasteiger partial charge in [-0.3, -0.25) is 4.79 Å². The lowest BCUT2D eigenvalue weighted by Gasteiger charge is -2.39. The molecule has 0 bridgehead atoms. The Kier molecular flexibility index (Phi) is 7.55. The molecule has 5 nitrogen and oxygen atoms in total. The van der Waals surface area contributed by atoms with E-state index in [-0.39, 0.29) is 5.97 Å². The number of aromatic nitrogens is 2. The number of hydrogen-bond acceptors (Lipinski definition) is 4. The summed E-state index contributed by atoms with van der Waals surface area (Å²) in [7, 11) is 0. The molecular formula is C29H31N3O2. The normalized spacial score (nSPS) is 11.4. The van der Waals surface area contributed by atoms with Crippen LogP contribution < -0.4 is 5.32 Å². The molecular weight excluding hydrogens is 422 g/mol. The first kappa shape index (κ1) is 23.5. The van der Waals surface area contributed by atoms with Crippen LogP contribution in [0.4, 0.5) is 0 Å². The summed E-state index contributed by atoms with van der Waals surface area (Å²) >= 11 is 0. The van der Waals surface area contributed by atoms with E-state index in [4.69, 9.17) is 9.72 Å². The highest BCUT2D eigenvalue weighted by atomic mass is 16.5. The van der Waals surface area contributed by atoms with Gasteiger partial charge in [-0.05, 0) is 30.5 Å². The number of nitrogens with one attached hydrogen (secondary N) is 1. The summed E-state index contributed by atoms with van der Waals surface area (Å²) in [5, 5.41) is 3.41. The number of carbonyl (C=O) groups excluding carboxylic acids is 1. The van der Waals surface area contributed by atoms with E-state index < -0.39 is 5.54 Å². The Labute approximate surface area is 201 Å². The molecule has 0 aliphatic heterocycles. The standard InChI is InChI=1S/C29H31N3O2/c1-3-34-28(33)19-20-30-21-27-22-31-23(2)32(27)29(24-13-7-4-8-14-24,25-15-9-5-10-16-25)26-17-11-6-12-18-26/h4-18,22,30H,3,19-21H2,1-2H3. The third-order valence-corrected chi connectivity index (χ3v) is 6.04. The second-order valence-electron chi connectivity index (χ2n) is 8.17. The predicted octanol–water partition coefficient (Wildman–Crippen LogP) is 5.07. The second kappa shape index (κ2) is 10.9. The van der Waals surface area contributed by atoms with Crippen LogP contribution >= 0.6 is 0 Å². The molecule has 0 saturated heterocycles. The molecule has 0 aliphatic rings. The lowest BCUT2D eigenvalue weighted by Crippen LogP contribution is -2.40. The molecule has 3 aromatic carbocycles. The Hall–Kier alpha value is -3.70. The van der Waals surface area contributed by atoms with E-state index in [0.29, 0.717) is 26.1 Å². The van der Waals surface area contributed by atoms with Gasteiger partial charge in [0.05, 0.1) is 18.7 Å². The van der Waals surface area contributed by atoms with Crippen molar-refractivity contribution in [3.8, 4) is 0 Å². The second-order valence-corrected chi connectivity index (χ2v) is 8.17. The molecule has 1 aromatic heterocycles. The molecule has 0 fully saturated rings. The summed E-state index contributed by atoms with van der Waals surface area (Å²) < 4.78 is 7.38. The largest absolute Gasteiger partial charge is 0.466 e. The van der Waals surface area contributed by atoms with Gasteiger partial charge in [0.1, 0.15) is 11.4 Å². The number of esters is 1. The summed E-state index contributed by atoms with van der Waals surface area (Å²) in [6.45, 7) is 5.39. The van der Waals surface area contributed by atoms with Crippen molar-refractivity contribution in [2.24, 2.45) is 0 Å². The van der Waals surface area contributed by atoms with Gasteiger partial charge in [-0.15, -0.1) is 0 Å². The highest BCUT2D eigenvalue weighted by Crippen LogP contribution is 2.42.